The number of hydrogen-bond donors (Lipinski definition) is 0. The summed E-state index contributed by atoms with van der Waals surface area (Å²) in [6.07, 6.45) is -0.0157. The maximum atomic E-state index is 10.7. The van der Waals surface area contributed by atoms with Crippen LogP contribution in [0.2, 0.25) is 0 Å². The first kappa shape index (κ1) is 11.3. The van der Waals surface area contributed by atoms with Crippen LogP contribution in [-0.4, -0.2) is 18.1 Å². The van der Waals surface area contributed by atoms with Crippen LogP contribution in [0.25, 0.3) is 0 Å². The maximum absolute atomic E-state index is 10.7. The topological polar surface area (TPSA) is 61.6 Å². The van der Waals surface area contributed by atoms with Crippen LogP contribution in [-0.2, 0) is 0 Å². The van der Waals surface area contributed by atoms with Crippen LogP contribution in [0.5, 0.6) is 11.5 Å². The lowest BCUT2D eigenvalue weighted by Crippen LogP contribution is -2.06. The Labute approximate surface area is 87.8 Å². The molecule has 0 saturated heterocycles. The van der Waals surface area contributed by atoms with Crippen LogP contribution in [0, 0.1) is 10.1 Å². The molecule has 0 spiro atoms. The highest BCUT2D eigenvalue weighted by atomic mass is 16.6. The number of nitrogens with zero attached hydrogens (tertiary/aromatic N) is 1. The van der Waals surface area contributed by atoms with Gasteiger partial charge in [0.05, 0.1) is 24.2 Å². The Balaban J connectivity index is 3.05. The number of benzene rings is 1. The third-order valence-electron chi connectivity index (χ3n) is 1.72. The van der Waals surface area contributed by atoms with Crippen molar-refractivity contribution in [1.82, 2.24) is 0 Å². The number of rotatable bonds is 4. The van der Waals surface area contributed by atoms with Gasteiger partial charge >= 0.3 is 5.69 Å². The zero-order valence-electron chi connectivity index (χ0n) is 8.89. The summed E-state index contributed by atoms with van der Waals surface area (Å²) in [5.41, 5.74) is -0.0874. The fourth-order valence-electron chi connectivity index (χ4n) is 1.16. The van der Waals surface area contributed by atoms with E-state index < -0.39 is 4.92 Å². The molecule has 0 atom stereocenters. The summed E-state index contributed by atoms with van der Waals surface area (Å²) < 4.78 is 10.2. The molecular formula is C10H13NO4. The molecule has 0 aliphatic heterocycles. The van der Waals surface area contributed by atoms with Gasteiger partial charge < -0.3 is 9.47 Å². The number of nitro benzene ring substituents is 1. The Bertz CT molecular complexity index is 362. The van der Waals surface area contributed by atoms with Crippen LogP contribution < -0.4 is 9.47 Å². The van der Waals surface area contributed by atoms with Gasteiger partial charge in [0.15, 0.2) is 5.75 Å². The van der Waals surface area contributed by atoms with Crippen molar-refractivity contribution in [2.45, 2.75) is 20.0 Å². The lowest BCUT2D eigenvalue weighted by molar-refractivity contribution is -0.385. The van der Waals surface area contributed by atoms with Crippen molar-refractivity contribution >= 4 is 5.69 Å². The number of nitro groups is 1. The highest BCUT2D eigenvalue weighted by molar-refractivity contribution is 5.50. The lowest BCUT2D eigenvalue weighted by Gasteiger charge is -2.10. The first-order valence-corrected chi connectivity index (χ1v) is 4.53. The minimum atomic E-state index is -0.494. The van der Waals surface area contributed by atoms with Crippen molar-refractivity contribution in [1.29, 1.82) is 0 Å². The predicted molar refractivity (Wildman–Crippen MR) is 55.4 cm³/mol. The number of hydrogen-bond acceptors (Lipinski definition) is 4. The van der Waals surface area contributed by atoms with Crippen LogP contribution in [0.3, 0.4) is 0 Å². The zero-order chi connectivity index (χ0) is 11.4. The third kappa shape index (κ3) is 2.83. The molecule has 1 aromatic carbocycles. The molecule has 0 saturated carbocycles. The van der Waals surface area contributed by atoms with E-state index in [1.54, 1.807) is 6.07 Å². The fourth-order valence-corrected chi connectivity index (χ4v) is 1.16. The Morgan fingerprint density at radius 1 is 1.40 bits per heavy atom. The maximum Gasteiger partial charge on any atom is 0.314 e. The van der Waals surface area contributed by atoms with Crippen LogP contribution in [0.4, 0.5) is 5.69 Å². The largest absolute Gasteiger partial charge is 0.491 e. The fraction of sp³-hybridized carbons (Fsp3) is 0.400. The molecule has 0 fully saturated rings. The molecule has 0 N–H and O–H groups in total. The molecule has 5 heteroatoms. The minimum Gasteiger partial charge on any atom is -0.491 e. The van der Waals surface area contributed by atoms with Gasteiger partial charge in [0.25, 0.3) is 0 Å². The molecular weight excluding hydrogens is 198 g/mol. The van der Waals surface area contributed by atoms with Gasteiger partial charge in [-0.2, -0.15) is 0 Å². The second-order valence-corrected chi connectivity index (χ2v) is 3.26. The molecule has 1 aromatic rings. The van der Waals surface area contributed by atoms with Crippen molar-refractivity contribution in [3.8, 4) is 11.5 Å². The van der Waals surface area contributed by atoms with Gasteiger partial charge in [0.2, 0.25) is 0 Å². The molecule has 0 aliphatic carbocycles. The van der Waals surface area contributed by atoms with E-state index in [2.05, 4.69) is 0 Å². The second-order valence-electron chi connectivity index (χ2n) is 3.26. The highest BCUT2D eigenvalue weighted by Gasteiger charge is 2.15. The average molecular weight is 211 g/mol. The monoisotopic (exact) mass is 211 g/mol. The van der Waals surface area contributed by atoms with E-state index in [0.29, 0.717) is 5.75 Å². The summed E-state index contributed by atoms with van der Waals surface area (Å²) in [5.74, 6) is 0.702. The first-order valence-electron chi connectivity index (χ1n) is 4.53. The number of ether oxygens (including phenoxy) is 2. The minimum absolute atomic E-state index is 0.0157. The summed E-state index contributed by atoms with van der Waals surface area (Å²) >= 11 is 0. The number of methoxy groups -OCH3 is 1. The molecule has 0 unspecified atom stereocenters. The van der Waals surface area contributed by atoms with Gasteiger partial charge in [-0.15, -0.1) is 0 Å². The molecule has 15 heavy (non-hydrogen) atoms. The van der Waals surface area contributed by atoms with Crippen LogP contribution in [0.15, 0.2) is 18.2 Å². The van der Waals surface area contributed by atoms with Gasteiger partial charge in [-0.05, 0) is 26.0 Å². The van der Waals surface area contributed by atoms with E-state index in [1.165, 1.54) is 19.2 Å². The molecule has 0 radical (unpaired) electrons. The molecule has 0 aromatic heterocycles. The third-order valence-corrected chi connectivity index (χ3v) is 1.72. The molecule has 0 bridgehead atoms. The smallest absolute Gasteiger partial charge is 0.314 e. The Morgan fingerprint density at radius 2 is 2.07 bits per heavy atom. The van der Waals surface area contributed by atoms with E-state index >= 15 is 0 Å². The van der Waals surface area contributed by atoms with E-state index in [1.807, 2.05) is 13.8 Å². The van der Waals surface area contributed by atoms with E-state index in [-0.39, 0.29) is 17.5 Å². The molecule has 5 nitrogen and oxygen atoms in total. The van der Waals surface area contributed by atoms with Crippen LogP contribution in [0.1, 0.15) is 13.8 Å². The van der Waals surface area contributed by atoms with E-state index in [9.17, 15) is 10.1 Å². The van der Waals surface area contributed by atoms with Gasteiger partial charge in [-0.1, -0.05) is 0 Å². The SMILES string of the molecule is COc1ccc(OC(C)C)cc1[N+](=O)[O-]. The van der Waals surface area contributed by atoms with Gasteiger partial charge in [-0.3, -0.25) is 10.1 Å². The summed E-state index contributed by atoms with van der Waals surface area (Å²) in [7, 11) is 1.39. The molecule has 0 amide bonds. The second kappa shape index (κ2) is 4.63. The Morgan fingerprint density at radius 3 is 2.53 bits per heavy atom. The quantitative estimate of drug-likeness (QED) is 0.566. The normalized spacial score (nSPS) is 10.1. The highest BCUT2D eigenvalue weighted by Crippen LogP contribution is 2.30. The molecule has 0 heterocycles. The molecule has 82 valence electrons. The van der Waals surface area contributed by atoms with E-state index in [0.717, 1.165) is 0 Å². The van der Waals surface area contributed by atoms with E-state index in [4.69, 9.17) is 9.47 Å². The summed E-state index contributed by atoms with van der Waals surface area (Å²) in [6.45, 7) is 3.71. The van der Waals surface area contributed by atoms with Gasteiger partial charge in [-0.25, -0.2) is 0 Å². The standard InChI is InChI=1S/C10H13NO4/c1-7(2)15-8-4-5-10(14-3)9(6-8)11(12)13/h4-7H,1-3H3. The van der Waals surface area contributed by atoms with Gasteiger partial charge in [0.1, 0.15) is 5.75 Å². The average Bonchev–Trinajstić information content (AvgIpc) is 2.16. The summed E-state index contributed by atoms with van der Waals surface area (Å²) in [5, 5.41) is 10.7. The predicted octanol–water partition coefficient (Wildman–Crippen LogP) is 2.39. The molecule has 0 aliphatic rings. The zero-order valence-corrected chi connectivity index (χ0v) is 8.89. The Kier molecular flexibility index (Phi) is 3.49. The van der Waals surface area contributed by atoms with Gasteiger partial charge in [0, 0.05) is 0 Å². The van der Waals surface area contributed by atoms with Crippen LogP contribution >= 0.6 is 0 Å². The summed E-state index contributed by atoms with van der Waals surface area (Å²) in [6, 6.07) is 4.53. The van der Waals surface area contributed by atoms with Crippen molar-refractivity contribution in [2.24, 2.45) is 0 Å². The lowest BCUT2D eigenvalue weighted by atomic mass is 10.3. The molecule has 1 rings (SSSR count). The van der Waals surface area contributed by atoms with Crippen molar-refractivity contribution < 1.29 is 14.4 Å². The Hall–Kier alpha value is -1.78. The van der Waals surface area contributed by atoms with Crippen molar-refractivity contribution in [3.05, 3.63) is 28.3 Å². The summed E-state index contributed by atoms with van der Waals surface area (Å²) in [4.78, 5) is 10.2. The first-order chi connectivity index (χ1) is 7.04. The van der Waals surface area contributed by atoms with Crippen molar-refractivity contribution in [2.75, 3.05) is 7.11 Å². The van der Waals surface area contributed by atoms with Crippen molar-refractivity contribution in [3.63, 3.8) is 0 Å².